The third kappa shape index (κ3) is 3.34. The van der Waals surface area contributed by atoms with Crippen LogP contribution in [0.15, 0.2) is 150 Å². The minimum atomic E-state index is -0.426. The zero-order chi connectivity index (χ0) is 30.1. The van der Waals surface area contributed by atoms with Gasteiger partial charge < -0.3 is 4.42 Å². The quantitative estimate of drug-likeness (QED) is 0.219. The highest BCUT2D eigenvalue weighted by Crippen LogP contribution is 2.48. The van der Waals surface area contributed by atoms with E-state index in [-0.39, 0.29) is 29.7 Å². The molecule has 0 saturated heterocycles. The third-order valence-electron chi connectivity index (χ3n) is 7.56. The Morgan fingerprint density at radius 3 is 1.64 bits per heavy atom. The van der Waals surface area contributed by atoms with E-state index in [1.54, 1.807) is 0 Å². The fraction of sp³-hybridized carbons (Fsp3) is 0. The highest BCUT2D eigenvalue weighted by Gasteiger charge is 2.22. The second-order valence-electron chi connectivity index (χ2n) is 9.67. The molecule has 0 radical (unpaired) electrons. The Morgan fingerprint density at radius 1 is 0.410 bits per heavy atom. The molecule has 1 nitrogen and oxygen atoms in total. The zero-order valence-corrected chi connectivity index (χ0v) is 20.9. The Bertz CT molecular complexity index is 2360. The van der Waals surface area contributed by atoms with Crippen LogP contribution in [0, 0.1) is 0 Å². The SMILES string of the molecule is [2H]c1c([2H])c([2H])c(-c2c(-c3c4ccccc4c(-c4ccccc4)c4ccccc34)ccc3c2oc2ccccc23)c([2H])c1[2H]. The molecule has 0 unspecified atom stereocenters. The summed E-state index contributed by atoms with van der Waals surface area (Å²) in [5, 5.41) is 5.83. The average molecular weight is 502 g/mol. The summed E-state index contributed by atoms with van der Waals surface area (Å²) in [6.45, 7) is 0. The van der Waals surface area contributed by atoms with Crippen LogP contribution in [0.1, 0.15) is 6.85 Å². The van der Waals surface area contributed by atoms with Gasteiger partial charge in [0.2, 0.25) is 0 Å². The number of hydrogen-bond donors (Lipinski definition) is 0. The van der Waals surface area contributed by atoms with Gasteiger partial charge in [0.15, 0.2) is 0 Å². The summed E-state index contributed by atoms with van der Waals surface area (Å²) in [4.78, 5) is 0. The lowest BCUT2D eigenvalue weighted by Gasteiger charge is -2.20. The Hall–Kier alpha value is -5.14. The Balaban J connectivity index is 1.61. The maximum atomic E-state index is 9.00. The third-order valence-corrected chi connectivity index (χ3v) is 7.56. The van der Waals surface area contributed by atoms with Crippen LogP contribution in [-0.4, -0.2) is 0 Å². The summed E-state index contributed by atoms with van der Waals surface area (Å²) >= 11 is 0. The van der Waals surface area contributed by atoms with E-state index in [1.807, 2.05) is 78.9 Å². The van der Waals surface area contributed by atoms with Crippen molar-refractivity contribution in [2.24, 2.45) is 0 Å². The van der Waals surface area contributed by atoms with Crippen LogP contribution in [0.5, 0.6) is 0 Å². The maximum absolute atomic E-state index is 9.00. The van der Waals surface area contributed by atoms with E-state index in [9.17, 15) is 0 Å². The summed E-state index contributed by atoms with van der Waals surface area (Å²) in [6, 6.07) is 36.9. The highest BCUT2D eigenvalue weighted by atomic mass is 16.3. The van der Waals surface area contributed by atoms with Crippen LogP contribution < -0.4 is 0 Å². The lowest BCUT2D eigenvalue weighted by Crippen LogP contribution is -1.93. The van der Waals surface area contributed by atoms with Crippen LogP contribution in [0.2, 0.25) is 0 Å². The summed E-state index contributed by atoms with van der Waals surface area (Å²) < 4.78 is 49.8. The normalized spacial score (nSPS) is 13.4. The smallest absolute Gasteiger partial charge is 0.143 e. The van der Waals surface area contributed by atoms with E-state index in [2.05, 4.69) is 36.4 Å². The van der Waals surface area contributed by atoms with E-state index in [1.165, 1.54) is 0 Å². The molecule has 1 heterocycles. The van der Waals surface area contributed by atoms with Gasteiger partial charge in [0.25, 0.3) is 0 Å². The van der Waals surface area contributed by atoms with Crippen LogP contribution in [0.4, 0.5) is 0 Å². The zero-order valence-electron chi connectivity index (χ0n) is 25.9. The molecule has 1 aromatic heterocycles. The van der Waals surface area contributed by atoms with Crippen molar-refractivity contribution in [2.75, 3.05) is 0 Å². The number of rotatable bonds is 3. The Labute approximate surface area is 233 Å². The number of hydrogen-bond acceptors (Lipinski definition) is 1. The molecular formula is C38H24O. The Morgan fingerprint density at radius 2 is 0.974 bits per heavy atom. The minimum absolute atomic E-state index is 0.121. The van der Waals surface area contributed by atoms with Crippen LogP contribution in [0.3, 0.4) is 0 Å². The van der Waals surface area contributed by atoms with Gasteiger partial charge in [-0.15, -0.1) is 0 Å². The molecule has 8 aromatic rings. The van der Waals surface area contributed by atoms with E-state index < -0.39 is 6.04 Å². The number of para-hydroxylation sites is 1. The van der Waals surface area contributed by atoms with E-state index in [0.29, 0.717) is 16.7 Å². The van der Waals surface area contributed by atoms with Gasteiger partial charge in [0, 0.05) is 16.3 Å². The van der Waals surface area contributed by atoms with Gasteiger partial charge in [-0.2, -0.15) is 0 Å². The lowest BCUT2D eigenvalue weighted by atomic mass is 9.83. The van der Waals surface area contributed by atoms with Crippen LogP contribution in [0.25, 0.3) is 76.9 Å². The van der Waals surface area contributed by atoms with Crippen molar-refractivity contribution >= 4 is 43.5 Å². The van der Waals surface area contributed by atoms with Gasteiger partial charge in [-0.1, -0.05) is 133 Å². The molecule has 0 saturated carbocycles. The molecule has 8 rings (SSSR count). The molecule has 0 spiro atoms. The maximum Gasteiger partial charge on any atom is 0.143 e. The van der Waals surface area contributed by atoms with E-state index >= 15 is 0 Å². The van der Waals surface area contributed by atoms with Crippen molar-refractivity contribution in [3.8, 4) is 33.4 Å². The van der Waals surface area contributed by atoms with Gasteiger partial charge in [0.1, 0.15) is 11.2 Å². The molecule has 1 heteroatoms. The Kier molecular flexibility index (Phi) is 3.89. The van der Waals surface area contributed by atoms with E-state index in [4.69, 9.17) is 11.3 Å². The minimum Gasteiger partial charge on any atom is -0.455 e. The fourth-order valence-electron chi connectivity index (χ4n) is 5.95. The second kappa shape index (κ2) is 8.72. The molecule has 0 atom stereocenters. The lowest BCUT2D eigenvalue weighted by molar-refractivity contribution is 0.670. The molecule has 0 N–H and O–H groups in total. The van der Waals surface area contributed by atoms with Crippen molar-refractivity contribution in [3.05, 3.63) is 145 Å². The molecular weight excluding hydrogens is 472 g/mol. The van der Waals surface area contributed by atoms with Crippen molar-refractivity contribution < 1.29 is 11.3 Å². The highest BCUT2D eigenvalue weighted by molar-refractivity contribution is 6.24. The molecule has 182 valence electrons. The van der Waals surface area contributed by atoms with Gasteiger partial charge in [-0.3, -0.25) is 0 Å². The largest absolute Gasteiger partial charge is 0.455 e. The molecule has 39 heavy (non-hydrogen) atoms. The van der Waals surface area contributed by atoms with Crippen molar-refractivity contribution in [1.29, 1.82) is 0 Å². The van der Waals surface area contributed by atoms with Crippen molar-refractivity contribution in [1.82, 2.24) is 0 Å². The van der Waals surface area contributed by atoms with Gasteiger partial charge >= 0.3 is 0 Å². The predicted molar refractivity (Wildman–Crippen MR) is 165 cm³/mol. The van der Waals surface area contributed by atoms with Crippen LogP contribution in [-0.2, 0) is 0 Å². The monoisotopic (exact) mass is 501 g/mol. The first kappa shape index (κ1) is 17.4. The molecule has 7 aromatic carbocycles. The average Bonchev–Trinajstić information content (AvgIpc) is 3.45. The van der Waals surface area contributed by atoms with E-state index in [0.717, 1.165) is 54.6 Å². The topological polar surface area (TPSA) is 13.1 Å². The number of benzene rings is 7. The van der Waals surface area contributed by atoms with Gasteiger partial charge in [-0.25, -0.2) is 0 Å². The number of fused-ring (bicyclic) bond motifs is 5. The molecule has 0 aliphatic rings. The molecule has 0 amide bonds. The first-order valence-corrected chi connectivity index (χ1v) is 13.0. The summed E-state index contributed by atoms with van der Waals surface area (Å²) in [6.07, 6.45) is 0. The molecule has 0 fully saturated rings. The summed E-state index contributed by atoms with van der Waals surface area (Å²) in [7, 11) is 0. The van der Waals surface area contributed by atoms with Gasteiger partial charge in [-0.05, 0) is 61.5 Å². The number of furan rings is 1. The predicted octanol–water partition coefficient (Wildman–Crippen LogP) is 10.9. The standard InChI is InChI=1S/C38H24O/c1-3-13-25(14-4-1)35-28-18-7-9-20-30(28)37(31-21-10-8-19-29(31)35)33-24-23-32-27-17-11-12-22-34(27)39-38(32)36(33)26-15-5-2-6-16-26/h1-24H/i2D,5D,6D,15D,16D. The van der Waals surface area contributed by atoms with Crippen LogP contribution >= 0.6 is 0 Å². The van der Waals surface area contributed by atoms with Gasteiger partial charge in [0.05, 0.1) is 6.85 Å². The first-order chi connectivity index (χ1) is 21.5. The molecule has 0 bridgehead atoms. The summed E-state index contributed by atoms with van der Waals surface area (Å²) in [5.41, 5.74) is 5.64. The molecule has 0 aliphatic heterocycles. The first-order valence-electron chi connectivity index (χ1n) is 15.5. The fourth-order valence-corrected chi connectivity index (χ4v) is 5.95. The molecule has 0 aliphatic carbocycles. The van der Waals surface area contributed by atoms with Crippen molar-refractivity contribution in [3.63, 3.8) is 0 Å². The van der Waals surface area contributed by atoms with Crippen molar-refractivity contribution in [2.45, 2.75) is 0 Å². The second-order valence-corrected chi connectivity index (χ2v) is 9.67. The summed E-state index contributed by atoms with van der Waals surface area (Å²) in [5.74, 6) is 0.